The summed E-state index contributed by atoms with van der Waals surface area (Å²) in [7, 11) is 6.09. The average Bonchev–Trinajstić information content (AvgIpc) is 2.66. The Labute approximate surface area is 105 Å². The second-order valence-corrected chi connectivity index (χ2v) is 5.06. The van der Waals surface area contributed by atoms with E-state index in [0.29, 0.717) is 12.0 Å². The van der Waals surface area contributed by atoms with E-state index in [-0.39, 0.29) is 0 Å². The summed E-state index contributed by atoms with van der Waals surface area (Å²) in [6.07, 6.45) is 3.16. The van der Waals surface area contributed by atoms with Crippen LogP contribution in [0.3, 0.4) is 0 Å². The van der Waals surface area contributed by atoms with Crippen LogP contribution >= 0.6 is 0 Å². The van der Waals surface area contributed by atoms with Gasteiger partial charge in [0.1, 0.15) is 0 Å². The number of nitrogens with zero attached hydrogens (tertiary/aromatic N) is 3. The molecule has 0 saturated carbocycles. The van der Waals surface area contributed by atoms with E-state index in [0.717, 1.165) is 12.5 Å². The smallest absolute Gasteiger partial charge is 0.204 e. The van der Waals surface area contributed by atoms with Gasteiger partial charge in [-0.2, -0.15) is 0 Å². The lowest BCUT2D eigenvalue weighted by atomic mass is 10.0. The topological polar surface area (TPSA) is 33.1 Å². The highest BCUT2D eigenvalue weighted by Gasteiger charge is 2.12. The third-order valence-corrected chi connectivity index (χ3v) is 3.56. The van der Waals surface area contributed by atoms with Gasteiger partial charge < -0.3 is 14.8 Å². The zero-order valence-corrected chi connectivity index (χ0v) is 12.0. The Balaban J connectivity index is 2.58. The van der Waals surface area contributed by atoms with Crippen LogP contribution in [-0.4, -0.2) is 29.7 Å². The summed E-state index contributed by atoms with van der Waals surface area (Å²) in [6.45, 7) is 7.64. The number of hydrogen-bond acceptors (Lipinski definition) is 3. The van der Waals surface area contributed by atoms with Crippen molar-refractivity contribution in [1.29, 1.82) is 0 Å². The van der Waals surface area contributed by atoms with Crippen LogP contribution in [0.25, 0.3) is 0 Å². The average molecular weight is 238 g/mol. The summed E-state index contributed by atoms with van der Waals surface area (Å²) < 4.78 is 2.14. The molecule has 2 unspecified atom stereocenters. The second-order valence-electron chi connectivity index (χ2n) is 5.06. The predicted molar refractivity (Wildman–Crippen MR) is 73.3 cm³/mol. The Morgan fingerprint density at radius 3 is 2.53 bits per heavy atom. The quantitative estimate of drug-likeness (QED) is 0.823. The molecule has 0 bridgehead atoms. The maximum atomic E-state index is 4.41. The molecule has 1 heterocycles. The minimum absolute atomic E-state index is 0.540. The molecule has 1 rings (SSSR count). The molecule has 0 saturated heterocycles. The van der Waals surface area contributed by atoms with Gasteiger partial charge in [0.15, 0.2) is 0 Å². The van der Waals surface area contributed by atoms with E-state index in [1.165, 1.54) is 12.1 Å². The molecule has 1 N–H and O–H groups in total. The molecule has 4 nitrogen and oxygen atoms in total. The van der Waals surface area contributed by atoms with E-state index in [1.807, 2.05) is 25.2 Å². The lowest BCUT2D eigenvalue weighted by molar-refractivity contribution is 0.386. The van der Waals surface area contributed by atoms with Gasteiger partial charge in [0, 0.05) is 33.7 Å². The van der Waals surface area contributed by atoms with Crippen LogP contribution in [0.15, 0.2) is 6.20 Å². The minimum Gasteiger partial charge on any atom is -0.348 e. The Bertz CT molecular complexity index is 343. The molecular formula is C13H26N4. The zero-order valence-electron chi connectivity index (χ0n) is 12.0. The van der Waals surface area contributed by atoms with Crippen LogP contribution < -0.4 is 10.2 Å². The van der Waals surface area contributed by atoms with Crippen molar-refractivity contribution in [3.05, 3.63) is 11.9 Å². The largest absolute Gasteiger partial charge is 0.348 e. The SMILES string of the molecule is CCC(C)C(C)NCc1cnc(N(C)C)n1C. The molecule has 0 aliphatic heterocycles. The first-order valence-corrected chi connectivity index (χ1v) is 6.38. The first-order valence-electron chi connectivity index (χ1n) is 6.38. The highest BCUT2D eigenvalue weighted by Crippen LogP contribution is 2.12. The minimum atomic E-state index is 0.540. The van der Waals surface area contributed by atoms with Crippen LogP contribution in [0.4, 0.5) is 5.95 Å². The third kappa shape index (κ3) is 3.46. The monoisotopic (exact) mass is 238 g/mol. The van der Waals surface area contributed by atoms with Gasteiger partial charge in [-0.25, -0.2) is 4.98 Å². The van der Waals surface area contributed by atoms with Crippen LogP contribution in [0, 0.1) is 5.92 Å². The maximum absolute atomic E-state index is 4.41. The van der Waals surface area contributed by atoms with Gasteiger partial charge in [-0.1, -0.05) is 20.3 Å². The van der Waals surface area contributed by atoms with Gasteiger partial charge in [0.2, 0.25) is 5.95 Å². The van der Waals surface area contributed by atoms with E-state index >= 15 is 0 Å². The molecule has 2 atom stereocenters. The molecule has 0 spiro atoms. The molecule has 17 heavy (non-hydrogen) atoms. The van der Waals surface area contributed by atoms with Gasteiger partial charge in [-0.05, 0) is 12.8 Å². The molecule has 0 amide bonds. The summed E-state index contributed by atoms with van der Waals surface area (Å²) in [5.41, 5.74) is 1.23. The van der Waals surface area contributed by atoms with E-state index in [9.17, 15) is 0 Å². The van der Waals surface area contributed by atoms with Crippen LogP contribution in [-0.2, 0) is 13.6 Å². The Morgan fingerprint density at radius 1 is 1.41 bits per heavy atom. The number of anilines is 1. The fourth-order valence-electron chi connectivity index (χ4n) is 1.83. The molecule has 0 aromatic carbocycles. The van der Waals surface area contributed by atoms with Crippen molar-refractivity contribution in [3.8, 4) is 0 Å². The Morgan fingerprint density at radius 2 is 2.06 bits per heavy atom. The second kappa shape index (κ2) is 6.05. The lowest BCUT2D eigenvalue weighted by Crippen LogP contribution is -2.32. The van der Waals surface area contributed by atoms with Gasteiger partial charge in [0.25, 0.3) is 0 Å². The third-order valence-electron chi connectivity index (χ3n) is 3.56. The first kappa shape index (κ1) is 14.0. The highest BCUT2D eigenvalue weighted by molar-refractivity contribution is 5.30. The molecule has 0 fully saturated rings. The Kier molecular flexibility index (Phi) is 5.00. The fourth-order valence-corrected chi connectivity index (χ4v) is 1.83. The van der Waals surface area contributed by atoms with Gasteiger partial charge in [-0.3, -0.25) is 0 Å². The van der Waals surface area contributed by atoms with Crippen molar-refractivity contribution in [1.82, 2.24) is 14.9 Å². The van der Waals surface area contributed by atoms with E-state index in [1.54, 1.807) is 0 Å². The summed E-state index contributed by atoms with van der Waals surface area (Å²) in [6, 6.07) is 0.540. The van der Waals surface area contributed by atoms with Crippen LogP contribution in [0.2, 0.25) is 0 Å². The van der Waals surface area contributed by atoms with Crippen molar-refractivity contribution < 1.29 is 0 Å². The van der Waals surface area contributed by atoms with Gasteiger partial charge >= 0.3 is 0 Å². The molecule has 0 aliphatic carbocycles. The lowest BCUT2D eigenvalue weighted by Gasteiger charge is -2.20. The normalized spacial score (nSPS) is 14.7. The van der Waals surface area contributed by atoms with E-state index in [4.69, 9.17) is 0 Å². The molecule has 0 aliphatic rings. The molecule has 1 aromatic rings. The molecular weight excluding hydrogens is 212 g/mol. The standard InChI is InChI=1S/C13H26N4/c1-7-10(2)11(3)14-8-12-9-15-13(16(4)5)17(12)6/h9-11,14H,7-8H2,1-6H3. The highest BCUT2D eigenvalue weighted by atomic mass is 15.3. The van der Waals surface area contributed by atoms with Crippen molar-refractivity contribution in [3.63, 3.8) is 0 Å². The van der Waals surface area contributed by atoms with Crippen molar-refractivity contribution in [2.75, 3.05) is 19.0 Å². The van der Waals surface area contributed by atoms with Gasteiger partial charge in [-0.15, -0.1) is 0 Å². The fraction of sp³-hybridized carbons (Fsp3) is 0.769. The predicted octanol–water partition coefficient (Wildman–Crippen LogP) is 2.01. The number of nitrogens with one attached hydrogen (secondary N) is 1. The summed E-state index contributed by atoms with van der Waals surface area (Å²) >= 11 is 0. The summed E-state index contributed by atoms with van der Waals surface area (Å²) in [5.74, 6) is 1.70. The molecule has 1 aromatic heterocycles. The van der Waals surface area contributed by atoms with Crippen molar-refractivity contribution >= 4 is 5.95 Å². The molecule has 0 radical (unpaired) electrons. The van der Waals surface area contributed by atoms with Crippen molar-refractivity contribution in [2.45, 2.75) is 39.8 Å². The first-order chi connectivity index (χ1) is 7.97. The number of aromatic nitrogens is 2. The molecule has 98 valence electrons. The van der Waals surface area contributed by atoms with Gasteiger partial charge in [0.05, 0.1) is 11.9 Å². The van der Waals surface area contributed by atoms with Crippen molar-refractivity contribution in [2.24, 2.45) is 13.0 Å². The molecule has 4 heteroatoms. The van der Waals surface area contributed by atoms with E-state index < -0.39 is 0 Å². The zero-order chi connectivity index (χ0) is 13.0. The number of rotatable bonds is 6. The summed E-state index contributed by atoms with van der Waals surface area (Å²) in [4.78, 5) is 6.44. The van der Waals surface area contributed by atoms with Crippen LogP contribution in [0.5, 0.6) is 0 Å². The maximum Gasteiger partial charge on any atom is 0.204 e. The van der Waals surface area contributed by atoms with Crippen LogP contribution in [0.1, 0.15) is 32.9 Å². The summed E-state index contributed by atoms with van der Waals surface area (Å²) in [5, 5.41) is 3.56. The number of hydrogen-bond donors (Lipinski definition) is 1. The van der Waals surface area contributed by atoms with E-state index in [2.05, 4.69) is 42.7 Å². The number of imidazole rings is 1. The Hall–Kier alpha value is -1.03.